The van der Waals surface area contributed by atoms with Crippen LogP contribution in [0.2, 0.25) is 0 Å². The zero-order valence-corrected chi connectivity index (χ0v) is 19.0. The Balaban J connectivity index is 0.00000280. The molecule has 1 saturated heterocycles. The number of rotatable bonds is 8. The van der Waals surface area contributed by atoms with Gasteiger partial charge in [0.25, 0.3) is 0 Å². The van der Waals surface area contributed by atoms with E-state index in [0.29, 0.717) is 12.6 Å². The van der Waals surface area contributed by atoms with Crippen molar-refractivity contribution < 1.29 is 9.15 Å². The van der Waals surface area contributed by atoms with Gasteiger partial charge < -0.3 is 19.8 Å². The predicted molar refractivity (Wildman–Crippen MR) is 123 cm³/mol. The SMILES string of the molecule is CCNC(=NCc1ccco1)NCC(c1ccc(OC)cc1)N1CCCC1.I. The van der Waals surface area contributed by atoms with Crippen LogP contribution in [0.4, 0.5) is 0 Å². The number of methoxy groups -OCH3 is 1. The average Bonchev–Trinajstić information content (AvgIpc) is 3.41. The number of halogens is 1. The Labute approximate surface area is 184 Å². The van der Waals surface area contributed by atoms with Gasteiger partial charge in [-0.25, -0.2) is 4.99 Å². The highest BCUT2D eigenvalue weighted by Crippen LogP contribution is 2.26. The smallest absolute Gasteiger partial charge is 0.191 e. The second-order valence-corrected chi connectivity index (χ2v) is 6.69. The van der Waals surface area contributed by atoms with E-state index in [-0.39, 0.29) is 24.0 Å². The molecule has 0 aliphatic carbocycles. The highest BCUT2D eigenvalue weighted by molar-refractivity contribution is 14.0. The largest absolute Gasteiger partial charge is 0.497 e. The van der Waals surface area contributed by atoms with Crippen LogP contribution in [-0.2, 0) is 6.54 Å². The third kappa shape index (κ3) is 6.41. The Bertz CT molecular complexity index is 698. The number of ether oxygens (including phenoxy) is 1. The monoisotopic (exact) mass is 498 g/mol. The Morgan fingerprint density at radius 1 is 1.18 bits per heavy atom. The Kier molecular flexibility index (Phi) is 9.63. The minimum absolute atomic E-state index is 0. The summed E-state index contributed by atoms with van der Waals surface area (Å²) < 4.78 is 10.7. The maximum absolute atomic E-state index is 5.38. The lowest BCUT2D eigenvalue weighted by Gasteiger charge is -2.29. The van der Waals surface area contributed by atoms with Crippen molar-refractivity contribution in [3.63, 3.8) is 0 Å². The first kappa shape index (κ1) is 22.5. The molecule has 7 heteroatoms. The van der Waals surface area contributed by atoms with Crippen LogP contribution in [0.25, 0.3) is 0 Å². The normalized spacial score (nSPS) is 15.7. The first-order chi connectivity index (χ1) is 13.3. The lowest BCUT2D eigenvalue weighted by molar-refractivity contribution is 0.245. The van der Waals surface area contributed by atoms with E-state index in [1.807, 2.05) is 24.3 Å². The van der Waals surface area contributed by atoms with Gasteiger partial charge in [0, 0.05) is 13.1 Å². The fourth-order valence-corrected chi connectivity index (χ4v) is 3.43. The molecule has 28 heavy (non-hydrogen) atoms. The standard InChI is InChI=1S/C21H30N4O2.HI/c1-3-22-21(23-15-19-7-6-14-27-19)24-16-20(25-12-4-5-13-25)17-8-10-18(26-2)11-9-17;/h6-11,14,20H,3-5,12-13,15-16H2,1-2H3,(H2,22,23,24);1H. The number of likely N-dealkylation sites (tertiary alicyclic amines) is 1. The molecule has 1 fully saturated rings. The van der Waals surface area contributed by atoms with Gasteiger partial charge in [-0.15, -0.1) is 24.0 Å². The number of furan rings is 1. The molecule has 2 N–H and O–H groups in total. The molecule has 1 aliphatic rings. The summed E-state index contributed by atoms with van der Waals surface area (Å²) in [7, 11) is 1.70. The molecule has 2 aromatic rings. The molecule has 0 spiro atoms. The van der Waals surface area contributed by atoms with Crippen LogP contribution in [0.3, 0.4) is 0 Å². The first-order valence-corrected chi connectivity index (χ1v) is 9.72. The van der Waals surface area contributed by atoms with Crippen molar-refractivity contribution in [3.8, 4) is 5.75 Å². The summed E-state index contributed by atoms with van der Waals surface area (Å²) in [6.07, 6.45) is 4.21. The highest BCUT2D eigenvalue weighted by Gasteiger charge is 2.23. The molecular formula is C21H31IN4O2. The summed E-state index contributed by atoms with van der Waals surface area (Å²) in [5.74, 6) is 2.56. The maximum Gasteiger partial charge on any atom is 0.191 e. The van der Waals surface area contributed by atoms with Gasteiger partial charge in [-0.2, -0.15) is 0 Å². The van der Waals surface area contributed by atoms with Crippen molar-refractivity contribution in [2.24, 2.45) is 4.99 Å². The molecule has 0 bridgehead atoms. The molecule has 0 amide bonds. The van der Waals surface area contributed by atoms with Crippen molar-refractivity contribution in [1.29, 1.82) is 0 Å². The zero-order valence-electron chi connectivity index (χ0n) is 16.7. The molecule has 0 saturated carbocycles. The van der Waals surface area contributed by atoms with E-state index in [0.717, 1.165) is 43.6 Å². The van der Waals surface area contributed by atoms with Crippen LogP contribution in [0.5, 0.6) is 5.75 Å². The van der Waals surface area contributed by atoms with E-state index in [2.05, 4.69) is 39.6 Å². The van der Waals surface area contributed by atoms with E-state index in [1.165, 1.54) is 18.4 Å². The molecule has 6 nitrogen and oxygen atoms in total. The van der Waals surface area contributed by atoms with E-state index >= 15 is 0 Å². The molecule has 1 aromatic heterocycles. The van der Waals surface area contributed by atoms with Crippen molar-refractivity contribution >= 4 is 29.9 Å². The molecule has 1 aromatic carbocycles. The molecule has 0 radical (unpaired) electrons. The van der Waals surface area contributed by atoms with Crippen LogP contribution >= 0.6 is 24.0 Å². The molecule has 1 unspecified atom stereocenters. The Morgan fingerprint density at radius 3 is 2.54 bits per heavy atom. The summed E-state index contributed by atoms with van der Waals surface area (Å²) in [5.41, 5.74) is 1.30. The summed E-state index contributed by atoms with van der Waals surface area (Å²) >= 11 is 0. The predicted octanol–water partition coefficient (Wildman–Crippen LogP) is 3.80. The number of nitrogens with one attached hydrogen (secondary N) is 2. The Hall–Kier alpha value is -1.74. The van der Waals surface area contributed by atoms with Gasteiger partial charge in [-0.1, -0.05) is 12.1 Å². The summed E-state index contributed by atoms with van der Waals surface area (Å²) in [6, 6.07) is 12.5. The summed E-state index contributed by atoms with van der Waals surface area (Å²) in [6.45, 7) is 6.50. The molecule has 1 atom stereocenters. The van der Waals surface area contributed by atoms with Crippen LogP contribution in [0, 0.1) is 0 Å². The van der Waals surface area contributed by atoms with E-state index in [4.69, 9.17) is 9.15 Å². The number of guanidine groups is 1. The van der Waals surface area contributed by atoms with Gasteiger partial charge in [0.05, 0.1) is 19.4 Å². The highest BCUT2D eigenvalue weighted by atomic mass is 127. The molecule has 154 valence electrons. The average molecular weight is 498 g/mol. The van der Waals surface area contributed by atoms with Crippen molar-refractivity contribution in [3.05, 3.63) is 54.0 Å². The van der Waals surface area contributed by atoms with Crippen LogP contribution in [-0.4, -0.2) is 44.1 Å². The molecule has 3 rings (SSSR count). The minimum Gasteiger partial charge on any atom is -0.497 e. The van der Waals surface area contributed by atoms with Gasteiger partial charge in [-0.05, 0) is 62.7 Å². The van der Waals surface area contributed by atoms with Crippen LogP contribution in [0.15, 0.2) is 52.1 Å². The van der Waals surface area contributed by atoms with Gasteiger partial charge >= 0.3 is 0 Å². The van der Waals surface area contributed by atoms with Crippen LogP contribution in [0.1, 0.15) is 37.1 Å². The molecule has 2 heterocycles. The summed E-state index contributed by atoms with van der Waals surface area (Å²) in [5, 5.41) is 6.83. The van der Waals surface area contributed by atoms with Crippen LogP contribution < -0.4 is 15.4 Å². The van der Waals surface area contributed by atoms with Gasteiger partial charge in [0.1, 0.15) is 18.1 Å². The quantitative estimate of drug-likeness (QED) is 0.330. The number of benzene rings is 1. The lowest BCUT2D eigenvalue weighted by atomic mass is 10.1. The molecular weight excluding hydrogens is 467 g/mol. The number of aliphatic imine (C=N–C) groups is 1. The summed E-state index contributed by atoms with van der Waals surface area (Å²) in [4.78, 5) is 7.18. The molecule has 1 aliphatic heterocycles. The fraction of sp³-hybridized carbons (Fsp3) is 0.476. The second kappa shape index (κ2) is 12.0. The maximum atomic E-state index is 5.38. The lowest BCUT2D eigenvalue weighted by Crippen LogP contribution is -2.42. The topological polar surface area (TPSA) is 62.0 Å². The van der Waals surface area contributed by atoms with Crippen molar-refractivity contribution in [2.75, 3.05) is 33.3 Å². The van der Waals surface area contributed by atoms with Crippen molar-refractivity contribution in [2.45, 2.75) is 32.4 Å². The van der Waals surface area contributed by atoms with E-state index in [9.17, 15) is 0 Å². The zero-order chi connectivity index (χ0) is 18.9. The van der Waals surface area contributed by atoms with Gasteiger partial charge in [0.2, 0.25) is 0 Å². The third-order valence-electron chi connectivity index (χ3n) is 4.86. The first-order valence-electron chi connectivity index (χ1n) is 9.72. The van der Waals surface area contributed by atoms with E-state index in [1.54, 1.807) is 13.4 Å². The number of nitrogens with zero attached hydrogens (tertiary/aromatic N) is 2. The fourth-order valence-electron chi connectivity index (χ4n) is 3.43. The number of hydrogen-bond acceptors (Lipinski definition) is 4. The van der Waals surface area contributed by atoms with Gasteiger partial charge in [0.15, 0.2) is 5.96 Å². The van der Waals surface area contributed by atoms with E-state index < -0.39 is 0 Å². The van der Waals surface area contributed by atoms with Gasteiger partial charge in [-0.3, -0.25) is 4.90 Å². The minimum atomic E-state index is 0. The second-order valence-electron chi connectivity index (χ2n) is 6.69. The Morgan fingerprint density at radius 2 is 1.93 bits per heavy atom. The van der Waals surface area contributed by atoms with Crippen molar-refractivity contribution in [1.82, 2.24) is 15.5 Å². The third-order valence-corrected chi connectivity index (χ3v) is 4.86. The number of hydrogen-bond donors (Lipinski definition) is 2.